The highest BCUT2D eigenvalue weighted by Gasteiger charge is 2.51. The minimum Gasteiger partial charge on any atom is -0.324 e. The van der Waals surface area contributed by atoms with Crippen LogP contribution in [0.15, 0.2) is 71.2 Å². The Hall–Kier alpha value is -1.64. The SMILES string of the molecule is NC1(Cc2ccc3ccccc3c2)CC1c1ccc(Br)cc1. The normalized spacial score (nSPS) is 23.6. The Balaban J connectivity index is 1.56. The highest BCUT2D eigenvalue weighted by molar-refractivity contribution is 9.10. The zero-order chi connectivity index (χ0) is 15.2. The largest absolute Gasteiger partial charge is 0.324 e. The van der Waals surface area contributed by atoms with E-state index in [2.05, 4.69) is 82.7 Å². The zero-order valence-corrected chi connectivity index (χ0v) is 13.9. The van der Waals surface area contributed by atoms with Crippen LogP contribution in [0.4, 0.5) is 0 Å². The van der Waals surface area contributed by atoms with Crippen molar-refractivity contribution in [2.24, 2.45) is 5.73 Å². The van der Waals surface area contributed by atoms with E-state index in [1.165, 1.54) is 21.9 Å². The van der Waals surface area contributed by atoms with Crippen LogP contribution < -0.4 is 5.73 Å². The maximum Gasteiger partial charge on any atom is 0.0271 e. The third-order valence-electron chi connectivity index (χ3n) is 4.74. The number of hydrogen-bond donors (Lipinski definition) is 1. The Bertz CT molecular complexity index is 824. The first-order chi connectivity index (χ1) is 10.6. The van der Waals surface area contributed by atoms with Gasteiger partial charge in [-0.3, -0.25) is 0 Å². The molecule has 2 N–H and O–H groups in total. The second-order valence-corrected chi connectivity index (χ2v) is 7.32. The highest BCUT2D eigenvalue weighted by atomic mass is 79.9. The maximum atomic E-state index is 6.63. The number of halogens is 1. The van der Waals surface area contributed by atoms with E-state index in [4.69, 9.17) is 5.73 Å². The van der Waals surface area contributed by atoms with Crippen LogP contribution in [-0.2, 0) is 6.42 Å². The Morgan fingerprint density at radius 3 is 2.45 bits per heavy atom. The molecule has 1 aliphatic carbocycles. The summed E-state index contributed by atoms with van der Waals surface area (Å²) in [5.41, 5.74) is 9.23. The number of hydrogen-bond acceptors (Lipinski definition) is 1. The first-order valence-corrected chi connectivity index (χ1v) is 8.45. The number of fused-ring (bicyclic) bond motifs is 1. The molecule has 0 heterocycles. The molecule has 2 atom stereocenters. The van der Waals surface area contributed by atoms with Crippen LogP contribution in [0, 0.1) is 0 Å². The van der Waals surface area contributed by atoms with Gasteiger partial charge in [0.25, 0.3) is 0 Å². The van der Waals surface area contributed by atoms with Gasteiger partial charge in [0.15, 0.2) is 0 Å². The van der Waals surface area contributed by atoms with Crippen LogP contribution in [0.1, 0.15) is 23.5 Å². The van der Waals surface area contributed by atoms with Gasteiger partial charge >= 0.3 is 0 Å². The van der Waals surface area contributed by atoms with Gasteiger partial charge in [-0.05, 0) is 46.9 Å². The third-order valence-corrected chi connectivity index (χ3v) is 5.27. The summed E-state index contributed by atoms with van der Waals surface area (Å²) in [6, 6.07) is 23.8. The van der Waals surface area contributed by atoms with Gasteiger partial charge < -0.3 is 5.73 Å². The minimum atomic E-state index is -0.0870. The van der Waals surface area contributed by atoms with Crippen LogP contribution in [0.2, 0.25) is 0 Å². The fourth-order valence-corrected chi connectivity index (χ4v) is 3.65. The molecule has 110 valence electrons. The van der Waals surface area contributed by atoms with Gasteiger partial charge in [0, 0.05) is 15.9 Å². The van der Waals surface area contributed by atoms with E-state index < -0.39 is 0 Å². The molecular formula is C20H18BrN. The minimum absolute atomic E-state index is 0.0870. The van der Waals surface area contributed by atoms with E-state index in [9.17, 15) is 0 Å². The molecule has 0 bridgehead atoms. The molecule has 0 amide bonds. The molecule has 3 aromatic rings. The van der Waals surface area contributed by atoms with Gasteiger partial charge in [0.2, 0.25) is 0 Å². The van der Waals surface area contributed by atoms with Crippen molar-refractivity contribution in [1.29, 1.82) is 0 Å². The Morgan fingerprint density at radius 2 is 1.68 bits per heavy atom. The summed E-state index contributed by atoms with van der Waals surface area (Å²) < 4.78 is 1.12. The van der Waals surface area contributed by atoms with Crippen LogP contribution >= 0.6 is 15.9 Å². The molecule has 4 rings (SSSR count). The quantitative estimate of drug-likeness (QED) is 0.703. The van der Waals surface area contributed by atoms with Crippen molar-refractivity contribution < 1.29 is 0 Å². The summed E-state index contributed by atoms with van der Waals surface area (Å²) in [7, 11) is 0. The predicted octanol–water partition coefficient (Wildman–Crippen LogP) is 5.03. The number of nitrogens with two attached hydrogens (primary N) is 1. The van der Waals surface area contributed by atoms with E-state index >= 15 is 0 Å². The van der Waals surface area contributed by atoms with Crippen LogP contribution in [0.5, 0.6) is 0 Å². The monoisotopic (exact) mass is 351 g/mol. The predicted molar refractivity (Wildman–Crippen MR) is 96.1 cm³/mol. The van der Waals surface area contributed by atoms with Gasteiger partial charge in [-0.1, -0.05) is 70.5 Å². The lowest BCUT2D eigenvalue weighted by molar-refractivity contribution is 0.646. The lowest BCUT2D eigenvalue weighted by atomic mass is 9.97. The molecule has 0 aromatic heterocycles. The molecular weight excluding hydrogens is 334 g/mol. The molecule has 1 nitrogen and oxygen atoms in total. The van der Waals surface area contributed by atoms with Gasteiger partial charge in [-0.2, -0.15) is 0 Å². The van der Waals surface area contributed by atoms with E-state index in [0.717, 1.165) is 17.3 Å². The maximum absolute atomic E-state index is 6.63. The summed E-state index contributed by atoms with van der Waals surface area (Å²) >= 11 is 3.49. The lowest BCUT2D eigenvalue weighted by Crippen LogP contribution is -2.27. The number of benzene rings is 3. The lowest BCUT2D eigenvalue weighted by Gasteiger charge is -2.13. The van der Waals surface area contributed by atoms with Gasteiger partial charge in [0.05, 0.1) is 0 Å². The molecule has 22 heavy (non-hydrogen) atoms. The molecule has 3 aromatic carbocycles. The summed E-state index contributed by atoms with van der Waals surface area (Å²) in [6.45, 7) is 0. The average Bonchev–Trinajstić information content (AvgIpc) is 3.19. The van der Waals surface area contributed by atoms with Crippen molar-refractivity contribution in [1.82, 2.24) is 0 Å². The Labute approximate surface area is 139 Å². The van der Waals surface area contributed by atoms with Gasteiger partial charge in [0.1, 0.15) is 0 Å². The van der Waals surface area contributed by atoms with Gasteiger partial charge in [-0.15, -0.1) is 0 Å². The van der Waals surface area contributed by atoms with Crippen molar-refractivity contribution in [2.45, 2.75) is 24.3 Å². The average molecular weight is 352 g/mol. The standard InChI is InChI=1S/C20H18BrN/c21-18-9-7-16(8-10-18)19-13-20(19,22)12-14-5-6-15-3-1-2-4-17(15)11-14/h1-11,19H,12-13,22H2. The molecule has 1 fully saturated rings. The molecule has 0 aliphatic heterocycles. The van der Waals surface area contributed by atoms with E-state index in [1.807, 2.05) is 0 Å². The molecule has 2 unspecified atom stereocenters. The molecule has 0 radical (unpaired) electrons. The number of rotatable bonds is 3. The van der Waals surface area contributed by atoms with Crippen LogP contribution in [0.3, 0.4) is 0 Å². The molecule has 1 aliphatic rings. The topological polar surface area (TPSA) is 26.0 Å². The second-order valence-electron chi connectivity index (χ2n) is 6.40. The van der Waals surface area contributed by atoms with Gasteiger partial charge in [-0.25, -0.2) is 0 Å². The Kier molecular flexibility index (Phi) is 3.32. The summed E-state index contributed by atoms with van der Waals surface area (Å²) in [5, 5.41) is 2.59. The van der Waals surface area contributed by atoms with Crippen molar-refractivity contribution in [3.8, 4) is 0 Å². The fourth-order valence-electron chi connectivity index (χ4n) is 3.39. The molecule has 0 spiro atoms. The zero-order valence-electron chi connectivity index (χ0n) is 12.3. The van der Waals surface area contributed by atoms with Crippen LogP contribution in [-0.4, -0.2) is 5.54 Å². The molecule has 2 heteroatoms. The molecule has 1 saturated carbocycles. The summed E-state index contributed by atoms with van der Waals surface area (Å²) in [4.78, 5) is 0. The second kappa shape index (κ2) is 5.22. The van der Waals surface area contributed by atoms with Crippen LogP contribution in [0.25, 0.3) is 10.8 Å². The summed E-state index contributed by atoms with van der Waals surface area (Å²) in [6.07, 6.45) is 2.01. The fraction of sp³-hybridized carbons (Fsp3) is 0.200. The summed E-state index contributed by atoms with van der Waals surface area (Å²) in [5.74, 6) is 0.479. The van der Waals surface area contributed by atoms with Crippen molar-refractivity contribution >= 4 is 26.7 Å². The van der Waals surface area contributed by atoms with Crippen molar-refractivity contribution in [3.05, 3.63) is 82.3 Å². The Morgan fingerprint density at radius 1 is 0.955 bits per heavy atom. The first-order valence-electron chi connectivity index (χ1n) is 7.66. The van der Waals surface area contributed by atoms with Crippen molar-refractivity contribution in [2.75, 3.05) is 0 Å². The van der Waals surface area contributed by atoms with Crippen molar-refractivity contribution in [3.63, 3.8) is 0 Å². The van der Waals surface area contributed by atoms with E-state index in [-0.39, 0.29) is 5.54 Å². The van der Waals surface area contributed by atoms with E-state index in [0.29, 0.717) is 5.92 Å². The smallest absolute Gasteiger partial charge is 0.0271 e. The highest BCUT2D eigenvalue weighted by Crippen LogP contribution is 2.51. The third kappa shape index (κ3) is 2.57. The first kappa shape index (κ1) is 14.0. The van der Waals surface area contributed by atoms with E-state index in [1.54, 1.807) is 0 Å². The molecule has 0 saturated heterocycles.